The molecule has 1 unspecified atom stereocenters. The van der Waals surface area contributed by atoms with Crippen molar-refractivity contribution >= 4 is 5.91 Å². The highest BCUT2D eigenvalue weighted by atomic mass is 16.2. The number of benzene rings is 1. The monoisotopic (exact) mass is 241 g/mol. The summed E-state index contributed by atoms with van der Waals surface area (Å²) in [6.45, 7) is 0.885. The molecule has 1 amide bonds. The van der Waals surface area contributed by atoms with Gasteiger partial charge < -0.3 is 4.90 Å². The van der Waals surface area contributed by atoms with Crippen LogP contribution in [0.2, 0.25) is 0 Å². The van der Waals surface area contributed by atoms with Crippen LogP contribution in [0.3, 0.4) is 0 Å². The third-order valence-electron chi connectivity index (χ3n) is 4.04. The molecular formula is C16H19NO. The molecule has 0 spiro atoms. The van der Waals surface area contributed by atoms with Crippen molar-refractivity contribution in [2.45, 2.75) is 32.1 Å². The second kappa shape index (κ2) is 4.97. The summed E-state index contributed by atoms with van der Waals surface area (Å²) in [6.07, 6.45) is 8.34. The number of amides is 1. The zero-order valence-electron chi connectivity index (χ0n) is 10.6. The molecule has 0 radical (unpaired) electrons. The maximum absolute atomic E-state index is 12.5. The van der Waals surface area contributed by atoms with Gasteiger partial charge in [0.1, 0.15) is 0 Å². The minimum Gasteiger partial charge on any atom is -0.312 e. The maximum atomic E-state index is 12.5. The molecule has 0 N–H and O–H groups in total. The molecule has 94 valence electrons. The van der Waals surface area contributed by atoms with Crippen LogP contribution in [0.1, 0.15) is 42.5 Å². The van der Waals surface area contributed by atoms with Crippen molar-refractivity contribution in [1.29, 1.82) is 0 Å². The number of nitrogens with zero attached hydrogens (tertiary/aromatic N) is 1. The average molecular weight is 241 g/mol. The van der Waals surface area contributed by atoms with Gasteiger partial charge in [-0.05, 0) is 50.2 Å². The highest BCUT2D eigenvalue weighted by Crippen LogP contribution is 2.35. The SMILES string of the molecule is O=C(c1ccccc1)N1CCCC2CCCC=C21. The van der Waals surface area contributed by atoms with Gasteiger partial charge in [0.25, 0.3) is 5.91 Å². The maximum Gasteiger partial charge on any atom is 0.258 e. The first kappa shape index (κ1) is 11.5. The normalized spacial score (nSPS) is 23.2. The molecule has 0 saturated carbocycles. The second-order valence-electron chi connectivity index (χ2n) is 5.22. The van der Waals surface area contributed by atoms with Gasteiger partial charge >= 0.3 is 0 Å². The van der Waals surface area contributed by atoms with Gasteiger partial charge in [0.2, 0.25) is 0 Å². The fourth-order valence-corrected chi connectivity index (χ4v) is 3.13. The Kier molecular flexibility index (Phi) is 3.18. The summed E-state index contributed by atoms with van der Waals surface area (Å²) >= 11 is 0. The van der Waals surface area contributed by atoms with Gasteiger partial charge in [-0.1, -0.05) is 24.3 Å². The summed E-state index contributed by atoms with van der Waals surface area (Å²) in [5.74, 6) is 0.800. The molecule has 1 aliphatic carbocycles. The van der Waals surface area contributed by atoms with E-state index in [1.807, 2.05) is 35.2 Å². The third kappa shape index (κ3) is 2.07. The summed E-state index contributed by atoms with van der Waals surface area (Å²) < 4.78 is 0. The molecule has 1 heterocycles. The van der Waals surface area contributed by atoms with E-state index in [1.54, 1.807) is 0 Å². The van der Waals surface area contributed by atoms with Crippen molar-refractivity contribution in [1.82, 2.24) is 4.90 Å². The van der Waals surface area contributed by atoms with E-state index in [9.17, 15) is 4.79 Å². The predicted octanol–water partition coefficient (Wildman–Crippen LogP) is 3.61. The van der Waals surface area contributed by atoms with Gasteiger partial charge in [0.15, 0.2) is 0 Å². The Balaban J connectivity index is 1.87. The number of hydrogen-bond acceptors (Lipinski definition) is 1. The van der Waals surface area contributed by atoms with Gasteiger partial charge in [0.05, 0.1) is 0 Å². The Morgan fingerprint density at radius 1 is 1.11 bits per heavy atom. The molecule has 1 aliphatic heterocycles. The zero-order chi connectivity index (χ0) is 12.4. The molecule has 2 nitrogen and oxygen atoms in total. The van der Waals surface area contributed by atoms with Crippen LogP contribution in [-0.2, 0) is 0 Å². The van der Waals surface area contributed by atoms with E-state index in [2.05, 4.69) is 6.08 Å². The van der Waals surface area contributed by atoms with Crippen molar-refractivity contribution in [2.75, 3.05) is 6.54 Å². The summed E-state index contributed by atoms with van der Waals surface area (Å²) in [6, 6.07) is 9.65. The molecule has 0 bridgehead atoms. The largest absolute Gasteiger partial charge is 0.312 e. The topological polar surface area (TPSA) is 20.3 Å². The lowest BCUT2D eigenvalue weighted by Gasteiger charge is -2.38. The molecule has 3 rings (SSSR count). The third-order valence-corrected chi connectivity index (χ3v) is 4.04. The van der Waals surface area contributed by atoms with Crippen LogP contribution >= 0.6 is 0 Å². The van der Waals surface area contributed by atoms with E-state index >= 15 is 0 Å². The lowest BCUT2D eigenvalue weighted by atomic mass is 9.84. The second-order valence-corrected chi connectivity index (χ2v) is 5.22. The number of likely N-dealkylation sites (tertiary alicyclic amines) is 1. The van der Waals surface area contributed by atoms with E-state index in [0.717, 1.165) is 24.9 Å². The predicted molar refractivity (Wildman–Crippen MR) is 72.1 cm³/mol. The molecule has 1 atom stereocenters. The molecule has 1 aromatic rings. The molecule has 1 aromatic carbocycles. The summed E-state index contributed by atoms with van der Waals surface area (Å²) in [4.78, 5) is 14.6. The first-order valence-electron chi connectivity index (χ1n) is 6.93. The van der Waals surface area contributed by atoms with Crippen LogP contribution in [0.25, 0.3) is 0 Å². The number of fused-ring (bicyclic) bond motifs is 1. The van der Waals surface area contributed by atoms with E-state index < -0.39 is 0 Å². The van der Waals surface area contributed by atoms with Gasteiger partial charge in [-0.15, -0.1) is 0 Å². The molecule has 0 aromatic heterocycles. The zero-order valence-corrected chi connectivity index (χ0v) is 10.6. The lowest BCUT2D eigenvalue weighted by molar-refractivity contribution is 0.0749. The highest BCUT2D eigenvalue weighted by Gasteiger charge is 2.30. The van der Waals surface area contributed by atoms with Crippen LogP contribution < -0.4 is 0 Å². The Morgan fingerprint density at radius 3 is 2.72 bits per heavy atom. The number of carbonyl (C=O) groups excluding carboxylic acids is 1. The van der Waals surface area contributed by atoms with Crippen LogP contribution in [0, 0.1) is 5.92 Å². The van der Waals surface area contributed by atoms with E-state index in [-0.39, 0.29) is 5.91 Å². The fraction of sp³-hybridized carbons (Fsp3) is 0.438. The fourth-order valence-electron chi connectivity index (χ4n) is 3.13. The van der Waals surface area contributed by atoms with Crippen LogP contribution in [0.5, 0.6) is 0 Å². The van der Waals surface area contributed by atoms with Crippen molar-refractivity contribution in [2.24, 2.45) is 5.92 Å². The lowest BCUT2D eigenvalue weighted by Crippen LogP contribution is -2.38. The highest BCUT2D eigenvalue weighted by molar-refractivity contribution is 5.95. The van der Waals surface area contributed by atoms with E-state index in [0.29, 0.717) is 5.92 Å². The molecule has 1 fully saturated rings. The molecule has 2 heteroatoms. The summed E-state index contributed by atoms with van der Waals surface area (Å²) in [7, 11) is 0. The Morgan fingerprint density at radius 2 is 1.89 bits per heavy atom. The van der Waals surface area contributed by atoms with Crippen LogP contribution in [0.15, 0.2) is 42.1 Å². The van der Waals surface area contributed by atoms with Gasteiger partial charge in [-0.3, -0.25) is 4.79 Å². The number of hydrogen-bond donors (Lipinski definition) is 0. The summed E-state index contributed by atoms with van der Waals surface area (Å²) in [5.41, 5.74) is 2.10. The Hall–Kier alpha value is -1.57. The quantitative estimate of drug-likeness (QED) is 0.735. The number of piperidine rings is 1. The minimum atomic E-state index is 0.174. The van der Waals surface area contributed by atoms with Gasteiger partial charge in [-0.2, -0.15) is 0 Å². The van der Waals surface area contributed by atoms with Crippen molar-refractivity contribution in [3.05, 3.63) is 47.7 Å². The molecule has 18 heavy (non-hydrogen) atoms. The van der Waals surface area contributed by atoms with Crippen molar-refractivity contribution in [3.63, 3.8) is 0 Å². The van der Waals surface area contributed by atoms with E-state index in [1.165, 1.54) is 25.0 Å². The van der Waals surface area contributed by atoms with Crippen molar-refractivity contribution < 1.29 is 4.79 Å². The molecular weight excluding hydrogens is 222 g/mol. The number of carbonyl (C=O) groups is 1. The first-order chi connectivity index (χ1) is 8.86. The standard InChI is InChI=1S/C16H19NO/c18-16(14-8-2-1-3-9-14)17-12-6-10-13-7-4-5-11-15(13)17/h1-3,8-9,11,13H,4-7,10,12H2. The van der Waals surface area contributed by atoms with Gasteiger partial charge in [0, 0.05) is 17.8 Å². The molecule has 1 saturated heterocycles. The smallest absolute Gasteiger partial charge is 0.258 e. The van der Waals surface area contributed by atoms with E-state index in [4.69, 9.17) is 0 Å². The average Bonchev–Trinajstić information content (AvgIpc) is 2.47. The Bertz CT molecular complexity index is 463. The minimum absolute atomic E-state index is 0.174. The Labute approximate surface area is 108 Å². The van der Waals surface area contributed by atoms with Crippen LogP contribution in [-0.4, -0.2) is 17.4 Å². The summed E-state index contributed by atoms with van der Waals surface area (Å²) in [5, 5.41) is 0. The first-order valence-corrected chi connectivity index (χ1v) is 6.93. The van der Waals surface area contributed by atoms with Crippen LogP contribution in [0.4, 0.5) is 0 Å². The van der Waals surface area contributed by atoms with Gasteiger partial charge in [-0.25, -0.2) is 0 Å². The number of rotatable bonds is 1. The molecule has 2 aliphatic rings. The van der Waals surface area contributed by atoms with Crippen molar-refractivity contribution in [3.8, 4) is 0 Å². The number of allylic oxidation sites excluding steroid dienone is 2.